The molecule has 2 aliphatic rings. The SMILES string of the molecule is Cc1cc(CC(=O)Nc2cc([C@H]3CC[C@@H](OC(=O)N4CCC[C@H]4C)C3)[nH]n2)on1. The molecule has 2 fully saturated rings. The van der Waals surface area contributed by atoms with Crippen molar-refractivity contribution in [2.45, 2.75) is 70.4 Å². The van der Waals surface area contributed by atoms with Gasteiger partial charge in [-0.1, -0.05) is 5.16 Å². The van der Waals surface area contributed by atoms with Crippen LogP contribution in [0.4, 0.5) is 10.6 Å². The molecule has 0 unspecified atom stereocenters. The van der Waals surface area contributed by atoms with Gasteiger partial charge in [0.15, 0.2) is 5.82 Å². The van der Waals surface area contributed by atoms with Gasteiger partial charge in [0.2, 0.25) is 5.91 Å². The molecule has 1 saturated heterocycles. The number of rotatable bonds is 5. The number of aryl methyl sites for hydroxylation is 1. The molecule has 29 heavy (non-hydrogen) atoms. The van der Waals surface area contributed by atoms with Gasteiger partial charge in [-0.05, 0) is 46.0 Å². The lowest BCUT2D eigenvalue weighted by Gasteiger charge is -2.23. The third-order valence-electron chi connectivity index (χ3n) is 5.76. The van der Waals surface area contributed by atoms with Gasteiger partial charge >= 0.3 is 6.09 Å². The Bertz CT molecular complexity index is 876. The highest BCUT2D eigenvalue weighted by atomic mass is 16.6. The van der Waals surface area contributed by atoms with Crippen LogP contribution in [0.25, 0.3) is 0 Å². The van der Waals surface area contributed by atoms with Crippen molar-refractivity contribution in [2.75, 3.05) is 11.9 Å². The Morgan fingerprint density at radius 3 is 2.93 bits per heavy atom. The molecule has 4 rings (SSSR count). The van der Waals surface area contributed by atoms with E-state index < -0.39 is 0 Å². The highest BCUT2D eigenvalue weighted by molar-refractivity contribution is 5.91. The van der Waals surface area contributed by atoms with Gasteiger partial charge in [0.05, 0.1) is 12.1 Å². The van der Waals surface area contributed by atoms with Gasteiger partial charge < -0.3 is 19.5 Å². The normalized spacial score (nSPS) is 24.1. The zero-order valence-corrected chi connectivity index (χ0v) is 16.8. The monoisotopic (exact) mass is 401 g/mol. The molecule has 2 aromatic heterocycles. The molecule has 1 aliphatic carbocycles. The number of aromatic nitrogens is 3. The number of amides is 2. The van der Waals surface area contributed by atoms with Crippen LogP contribution in [0.15, 0.2) is 16.7 Å². The maximum absolute atomic E-state index is 12.4. The first kappa shape index (κ1) is 19.5. The molecule has 0 radical (unpaired) electrons. The third kappa shape index (κ3) is 4.60. The maximum atomic E-state index is 12.4. The summed E-state index contributed by atoms with van der Waals surface area (Å²) in [6.45, 7) is 4.66. The van der Waals surface area contributed by atoms with E-state index >= 15 is 0 Å². The van der Waals surface area contributed by atoms with Gasteiger partial charge in [0.1, 0.15) is 11.9 Å². The minimum atomic E-state index is -0.211. The maximum Gasteiger partial charge on any atom is 0.410 e. The summed E-state index contributed by atoms with van der Waals surface area (Å²) in [7, 11) is 0. The van der Waals surface area contributed by atoms with E-state index in [2.05, 4.69) is 27.6 Å². The van der Waals surface area contributed by atoms with Crippen molar-refractivity contribution in [3.8, 4) is 0 Å². The van der Waals surface area contributed by atoms with E-state index in [1.807, 2.05) is 17.9 Å². The zero-order valence-electron chi connectivity index (χ0n) is 16.8. The molecule has 1 saturated carbocycles. The summed E-state index contributed by atoms with van der Waals surface area (Å²) in [4.78, 5) is 26.3. The van der Waals surface area contributed by atoms with E-state index in [1.165, 1.54) is 0 Å². The molecule has 2 aromatic rings. The van der Waals surface area contributed by atoms with Crippen LogP contribution >= 0.6 is 0 Å². The highest BCUT2D eigenvalue weighted by Crippen LogP contribution is 2.36. The van der Waals surface area contributed by atoms with Crippen LogP contribution in [0.2, 0.25) is 0 Å². The van der Waals surface area contributed by atoms with E-state index in [1.54, 1.807) is 6.07 Å². The Hall–Kier alpha value is -2.84. The van der Waals surface area contributed by atoms with Crippen molar-refractivity contribution in [2.24, 2.45) is 0 Å². The second-order valence-corrected chi connectivity index (χ2v) is 8.07. The molecule has 3 atom stereocenters. The Kier molecular flexibility index (Phi) is 5.55. The smallest absolute Gasteiger partial charge is 0.410 e. The first-order chi connectivity index (χ1) is 14.0. The van der Waals surface area contributed by atoms with Gasteiger partial charge in [0.25, 0.3) is 0 Å². The fourth-order valence-electron chi connectivity index (χ4n) is 4.20. The molecule has 9 heteroatoms. The average molecular weight is 401 g/mol. The van der Waals surface area contributed by atoms with E-state index in [0.717, 1.165) is 50.0 Å². The molecule has 156 valence electrons. The second kappa shape index (κ2) is 8.26. The number of likely N-dealkylation sites (tertiary alicyclic amines) is 1. The summed E-state index contributed by atoms with van der Waals surface area (Å²) < 4.78 is 10.8. The number of hydrogen-bond acceptors (Lipinski definition) is 6. The minimum absolute atomic E-state index is 0.0728. The fraction of sp³-hybridized carbons (Fsp3) is 0.600. The number of nitrogens with zero attached hydrogens (tertiary/aromatic N) is 3. The topological polar surface area (TPSA) is 113 Å². The molecule has 9 nitrogen and oxygen atoms in total. The van der Waals surface area contributed by atoms with Crippen LogP contribution in [0.5, 0.6) is 0 Å². The van der Waals surface area contributed by atoms with Crippen LogP contribution in [0, 0.1) is 6.92 Å². The lowest BCUT2D eigenvalue weighted by Crippen LogP contribution is -2.36. The molecular formula is C20H27N5O4. The number of carbonyl (C=O) groups excluding carboxylic acids is 2. The molecular weight excluding hydrogens is 374 g/mol. The van der Waals surface area contributed by atoms with Crippen molar-refractivity contribution >= 4 is 17.8 Å². The predicted molar refractivity (Wildman–Crippen MR) is 104 cm³/mol. The molecule has 0 bridgehead atoms. The lowest BCUT2D eigenvalue weighted by atomic mass is 10.0. The number of anilines is 1. The number of carbonyl (C=O) groups is 2. The summed E-state index contributed by atoms with van der Waals surface area (Å²) in [5, 5.41) is 13.7. The van der Waals surface area contributed by atoms with Crippen LogP contribution in [-0.4, -0.2) is 50.9 Å². The summed E-state index contributed by atoms with van der Waals surface area (Å²) in [6.07, 6.45) is 4.45. The van der Waals surface area contributed by atoms with Crippen LogP contribution in [0.1, 0.15) is 62.1 Å². The Balaban J connectivity index is 1.27. The first-order valence-corrected chi connectivity index (χ1v) is 10.2. The second-order valence-electron chi connectivity index (χ2n) is 8.07. The Labute approximate surface area is 169 Å². The van der Waals surface area contributed by atoms with Gasteiger partial charge in [-0.2, -0.15) is 5.10 Å². The van der Waals surface area contributed by atoms with Crippen molar-refractivity contribution in [1.82, 2.24) is 20.3 Å². The predicted octanol–water partition coefficient (Wildman–Crippen LogP) is 3.14. The van der Waals surface area contributed by atoms with Crippen LogP contribution in [0.3, 0.4) is 0 Å². The van der Waals surface area contributed by atoms with Crippen molar-refractivity contribution in [3.63, 3.8) is 0 Å². The van der Waals surface area contributed by atoms with Crippen LogP contribution < -0.4 is 5.32 Å². The average Bonchev–Trinajstić information content (AvgIpc) is 3.44. The van der Waals surface area contributed by atoms with E-state index in [9.17, 15) is 9.59 Å². The number of aromatic amines is 1. The van der Waals surface area contributed by atoms with Gasteiger partial charge in [0, 0.05) is 36.3 Å². The largest absolute Gasteiger partial charge is 0.446 e. The van der Waals surface area contributed by atoms with Gasteiger partial charge in [-0.15, -0.1) is 0 Å². The van der Waals surface area contributed by atoms with Crippen molar-refractivity contribution < 1.29 is 18.8 Å². The Morgan fingerprint density at radius 1 is 1.34 bits per heavy atom. The molecule has 1 aliphatic heterocycles. The highest BCUT2D eigenvalue weighted by Gasteiger charge is 2.33. The third-order valence-corrected chi connectivity index (χ3v) is 5.76. The molecule has 0 spiro atoms. The summed E-state index contributed by atoms with van der Waals surface area (Å²) in [6, 6.07) is 3.85. The van der Waals surface area contributed by atoms with E-state index in [-0.39, 0.29) is 36.5 Å². The number of hydrogen-bond donors (Lipinski definition) is 2. The summed E-state index contributed by atoms with van der Waals surface area (Å²) in [5.74, 6) is 1.02. The zero-order chi connectivity index (χ0) is 20.4. The number of H-pyrrole nitrogens is 1. The minimum Gasteiger partial charge on any atom is -0.446 e. The van der Waals surface area contributed by atoms with E-state index in [4.69, 9.17) is 9.26 Å². The Morgan fingerprint density at radius 2 is 2.21 bits per heavy atom. The quantitative estimate of drug-likeness (QED) is 0.796. The molecule has 2 amide bonds. The standard InChI is InChI=1S/C20H27N5O4/c1-12-8-16(29-24-12)10-19(26)21-18-11-17(22-23-18)14-5-6-15(9-14)28-20(27)25-7-3-4-13(25)2/h8,11,13-15H,3-7,9-10H2,1-2H3,(H2,21,22,23,26)/t13-,14+,15-/m1/s1. The summed E-state index contributed by atoms with van der Waals surface area (Å²) >= 11 is 0. The van der Waals surface area contributed by atoms with Crippen molar-refractivity contribution in [1.29, 1.82) is 0 Å². The van der Waals surface area contributed by atoms with Crippen molar-refractivity contribution in [3.05, 3.63) is 29.3 Å². The fourth-order valence-corrected chi connectivity index (χ4v) is 4.20. The number of nitrogens with one attached hydrogen (secondary N) is 2. The first-order valence-electron chi connectivity index (χ1n) is 10.2. The molecule has 0 aromatic carbocycles. The molecule has 3 heterocycles. The van der Waals surface area contributed by atoms with Gasteiger partial charge in [-0.3, -0.25) is 9.89 Å². The van der Waals surface area contributed by atoms with E-state index in [0.29, 0.717) is 11.6 Å². The summed E-state index contributed by atoms with van der Waals surface area (Å²) in [5.41, 5.74) is 1.69. The molecule has 2 N–H and O–H groups in total. The number of ether oxygens (including phenoxy) is 1. The lowest BCUT2D eigenvalue weighted by molar-refractivity contribution is -0.115. The van der Waals surface area contributed by atoms with Gasteiger partial charge in [-0.25, -0.2) is 4.79 Å². The van der Waals surface area contributed by atoms with Crippen LogP contribution in [-0.2, 0) is 16.0 Å².